The Balaban J connectivity index is 2.04. The van der Waals surface area contributed by atoms with Crippen LogP contribution in [0.2, 0.25) is 0 Å². The van der Waals surface area contributed by atoms with Crippen LogP contribution >= 0.6 is 15.9 Å². The molecule has 1 aliphatic rings. The van der Waals surface area contributed by atoms with Crippen molar-refractivity contribution < 1.29 is 8.42 Å². The molecule has 1 fully saturated rings. The summed E-state index contributed by atoms with van der Waals surface area (Å²) in [6, 6.07) is 0. The number of nitrogens with two attached hydrogens (primary N) is 1. The van der Waals surface area contributed by atoms with E-state index in [-0.39, 0.29) is 6.54 Å². The molecule has 0 aromatic carbocycles. The lowest BCUT2D eigenvalue weighted by Gasteiger charge is -2.39. The fourth-order valence-electron chi connectivity index (χ4n) is 1.78. The molecule has 1 aromatic heterocycles. The van der Waals surface area contributed by atoms with E-state index >= 15 is 0 Å². The maximum Gasteiger partial charge on any atom is 0.222 e. The van der Waals surface area contributed by atoms with Crippen LogP contribution < -0.4 is 10.5 Å². The number of hydrogen-bond donors (Lipinski definition) is 2. The summed E-state index contributed by atoms with van der Waals surface area (Å²) in [6.07, 6.45) is 5.27. The maximum atomic E-state index is 11.5. The zero-order valence-corrected chi connectivity index (χ0v) is 11.5. The maximum absolute atomic E-state index is 11.5. The predicted molar refractivity (Wildman–Crippen MR) is 67.9 cm³/mol. The Morgan fingerprint density at radius 2 is 2.00 bits per heavy atom. The predicted octanol–water partition coefficient (Wildman–Crippen LogP) is 0.862. The largest absolute Gasteiger partial charge is 0.353 e. The zero-order chi connectivity index (χ0) is 12.5. The van der Waals surface area contributed by atoms with Crippen LogP contribution in [0.25, 0.3) is 0 Å². The van der Waals surface area contributed by atoms with Crippen LogP contribution in [0.1, 0.15) is 19.3 Å². The Hall–Kier alpha value is -0.730. The number of primary sulfonamides is 1. The molecule has 0 radical (unpaired) electrons. The van der Waals surface area contributed by atoms with Gasteiger partial charge in [-0.2, -0.15) is 0 Å². The lowest BCUT2D eigenvalue weighted by molar-refractivity contribution is 0.351. The van der Waals surface area contributed by atoms with Gasteiger partial charge in [-0.1, -0.05) is 6.42 Å². The first kappa shape index (κ1) is 12.7. The van der Waals surface area contributed by atoms with Crippen LogP contribution in [-0.4, -0.2) is 29.7 Å². The standard InChI is InChI=1S/C9H13BrN4O2S/c10-7-4-12-8(13-5-7)14-6-9(2-1-3-9)17(11,15)16/h4-5H,1-3,6H2,(H2,11,15,16)(H,12,13,14). The number of anilines is 1. The third-order valence-electron chi connectivity index (χ3n) is 3.06. The van der Waals surface area contributed by atoms with E-state index in [2.05, 4.69) is 31.2 Å². The summed E-state index contributed by atoms with van der Waals surface area (Å²) in [5.41, 5.74) is 0. The van der Waals surface area contributed by atoms with Crippen LogP contribution in [0.3, 0.4) is 0 Å². The number of nitrogens with zero attached hydrogens (tertiary/aromatic N) is 2. The fraction of sp³-hybridized carbons (Fsp3) is 0.556. The van der Waals surface area contributed by atoms with Crippen molar-refractivity contribution in [3.63, 3.8) is 0 Å². The highest BCUT2D eigenvalue weighted by molar-refractivity contribution is 9.10. The van der Waals surface area contributed by atoms with Crippen molar-refractivity contribution in [2.75, 3.05) is 11.9 Å². The lowest BCUT2D eigenvalue weighted by Crippen LogP contribution is -2.53. The van der Waals surface area contributed by atoms with Gasteiger partial charge in [-0.15, -0.1) is 0 Å². The molecule has 0 atom stereocenters. The molecule has 0 saturated heterocycles. The Kier molecular flexibility index (Phi) is 3.37. The SMILES string of the molecule is NS(=O)(=O)C1(CNc2ncc(Br)cn2)CCC1. The average molecular weight is 321 g/mol. The van der Waals surface area contributed by atoms with Crippen LogP contribution in [0.5, 0.6) is 0 Å². The molecule has 6 nitrogen and oxygen atoms in total. The molecule has 0 amide bonds. The van der Waals surface area contributed by atoms with Crippen molar-refractivity contribution in [3.05, 3.63) is 16.9 Å². The van der Waals surface area contributed by atoms with Gasteiger partial charge in [-0.25, -0.2) is 23.5 Å². The third kappa shape index (κ3) is 2.58. The molecule has 3 N–H and O–H groups in total. The quantitative estimate of drug-likeness (QED) is 0.857. The molecule has 17 heavy (non-hydrogen) atoms. The molecule has 0 unspecified atom stereocenters. The lowest BCUT2D eigenvalue weighted by atomic mass is 9.84. The fourth-order valence-corrected chi connectivity index (χ4v) is 3.11. The number of nitrogens with one attached hydrogen (secondary N) is 1. The van der Waals surface area contributed by atoms with E-state index in [1.807, 2.05) is 0 Å². The van der Waals surface area contributed by atoms with Gasteiger partial charge in [0.15, 0.2) is 0 Å². The van der Waals surface area contributed by atoms with Gasteiger partial charge >= 0.3 is 0 Å². The molecule has 1 saturated carbocycles. The molecule has 94 valence electrons. The Labute approximate surface area is 108 Å². The van der Waals surface area contributed by atoms with Crippen LogP contribution in [0, 0.1) is 0 Å². The summed E-state index contributed by atoms with van der Waals surface area (Å²) in [4.78, 5) is 8.03. The number of halogens is 1. The molecule has 2 rings (SSSR count). The van der Waals surface area contributed by atoms with Crippen LogP contribution in [0.4, 0.5) is 5.95 Å². The number of hydrogen-bond acceptors (Lipinski definition) is 5. The summed E-state index contributed by atoms with van der Waals surface area (Å²) in [5.74, 6) is 0.406. The van der Waals surface area contributed by atoms with E-state index in [4.69, 9.17) is 5.14 Å². The van der Waals surface area contributed by atoms with Crippen LogP contribution in [0.15, 0.2) is 16.9 Å². The Morgan fingerprint density at radius 3 is 2.41 bits per heavy atom. The smallest absolute Gasteiger partial charge is 0.222 e. The summed E-state index contributed by atoms with van der Waals surface area (Å²) in [7, 11) is -3.53. The van der Waals surface area contributed by atoms with Crippen molar-refractivity contribution in [2.45, 2.75) is 24.0 Å². The minimum atomic E-state index is -3.53. The normalized spacial score (nSPS) is 18.5. The van der Waals surface area contributed by atoms with Crippen molar-refractivity contribution in [3.8, 4) is 0 Å². The molecular weight excluding hydrogens is 308 g/mol. The zero-order valence-electron chi connectivity index (χ0n) is 9.06. The monoisotopic (exact) mass is 320 g/mol. The summed E-state index contributed by atoms with van der Waals surface area (Å²) in [6.45, 7) is 0.257. The second kappa shape index (κ2) is 4.51. The first-order chi connectivity index (χ1) is 7.93. The van der Waals surface area contributed by atoms with Gasteiger partial charge in [-0.3, -0.25) is 0 Å². The van der Waals surface area contributed by atoms with Crippen molar-refractivity contribution in [2.24, 2.45) is 5.14 Å². The summed E-state index contributed by atoms with van der Waals surface area (Å²) < 4.78 is 22.9. The average Bonchev–Trinajstić information content (AvgIpc) is 2.17. The van der Waals surface area contributed by atoms with Gasteiger partial charge in [0.05, 0.1) is 4.47 Å². The van der Waals surface area contributed by atoms with Gasteiger partial charge < -0.3 is 5.32 Å². The Morgan fingerprint density at radius 1 is 1.41 bits per heavy atom. The number of rotatable bonds is 4. The van der Waals surface area contributed by atoms with E-state index in [1.165, 1.54) is 0 Å². The van der Waals surface area contributed by atoms with Crippen molar-refractivity contribution in [1.29, 1.82) is 0 Å². The molecule has 0 spiro atoms. The van der Waals surface area contributed by atoms with E-state index in [0.29, 0.717) is 18.8 Å². The van der Waals surface area contributed by atoms with Gasteiger partial charge in [0, 0.05) is 18.9 Å². The van der Waals surface area contributed by atoms with Gasteiger partial charge in [0.1, 0.15) is 4.75 Å². The van der Waals surface area contributed by atoms with Gasteiger partial charge in [0.2, 0.25) is 16.0 Å². The summed E-state index contributed by atoms with van der Waals surface area (Å²) in [5, 5.41) is 8.17. The second-order valence-electron chi connectivity index (χ2n) is 4.16. The molecule has 0 aliphatic heterocycles. The van der Waals surface area contributed by atoms with Crippen LogP contribution in [-0.2, 0) is 10.0 Å². The number of aromatic nitrogens is 2. The molecule has 0 bridgehead atoms. The highest BCUT2D eigenvalue weighted by atomic mass is 79.9. The van der Waals surface area contributed by atoms with E-state index in [0.717, 1.165) is 10.9 Å². The van der Waals surface area contributed by atoms with E-state index < -0.39 is 14.8 Å². The number of sulfonamides is 1. The highest BCUT2D eigenvalue weighted by Gasteiger charge is 2.47. The molecule has 1 heterocycles. The molecule has 8 heteroatoms. The second-order valence-corrected chi connectivity index (χ2v) is 7.03. The first-order valence-corrected chi connectivity index (χ1v) is 7.51. The van der Waals surface area contributed by atoms with Crippen molar-refractivity contribution >= 4 is 31.9 Å². The summed E-state index contributed by atoms with van der Waals surface area (Å²) >= 11 is 3.22. The minimum absolute atomic E-state index is 0.257. The minimum Gasteiger partial charge on any atom is -0.353 e. The van der Waals surface area contributed by atoms with Crippen molar-refractivity contribution in [1.82, 2.24) is 9.97 Å². The topological polar surface area (TPSA) is 98.0 Å². The van der Waals surface area contributed by atoms with E-state index in [1.54, 1.807) is 12.4 Å². The van der Waals surface area contributed by atoms with Gasteiger partial charge in [-0.05, 0) is 28.8 Å². The highest BCUT2D eigenvalue weighted by Crippen LogP contribution is 2.37. The molecule has 1 aliphatic carbocycles. The van der Waals surface area contributed by atoms with E-state index in [9.17, 15) is 8.42 Å². The molecule has 1 aromatic rings. The third-order valence-corrected chi connectivity index (χ3v) is 5.23. The Bertz CT molecular complexity index is 498. The van der Waals surface area contributed by atoms with Gasteiger partial charge in [0.25, 0.3) is 0 Å². The first-order valence-electron chi connectivity index (χ1n) is 5.17. The molecular formula is C9H13BrN4O2S.